The second-order valence-corrected chi connectivity index (χ2v) is 4.44. The van der Waals surface area contributed by atoms with Crippen LogP contribution in [0.5, 0.6) is 0 Å². The summed E-state index contributed by atoms with van der Waals surface area (Å²) in [6.07, 6.45) is 3.06. The number of hydrogen-bond donors (Lipinski definition) is 1. The van der Waals surface area contributed by atoms with E-state index in [9.17, 15) is 0 Å². The van der Waals surface area contributed by atoms with Crippen LogP contribution in [0, 0.1) is 9.49 Å². The van der Waals surface area contributed by atoms with Crippen LogP contribution in [-0.2, 0) is 6.42 Å². The third-order valence-electron chi connectivity index (χ3n) is 2.15. The van der Waals surface area contributed by atoms with E-state index in [2.05, 4.69) is 45.0 Å². The first kappa shape index (κ1) is 8.44. The lowest BCUT2D eigenvalue weighted by atomic mass is 9.97. The fraction of sp³-hybridized carbons (Fsp3) is 0.444. The van der Waals surface area contributed by atoms with Crippen LogP contribution in [0.1, 0.15) is 5.69 Å². The van der Waals surface area contributed by atoms with E-state index in [1.807, 2.05) is 6.20 Å². The van der Waals surface area contributed by atoms with Gasteiger partial charge in [0, 0.05) is 15.5 Å². The van der Waals surface area contributed by atoms with E-state index in [0.717, 1.165) is 25.4 Å². The largest absolute Gasteiger partial charge is 0.316 e. The average Bonchev–Trinajstić information content (AvgIpc) is 2.00. The first-order valence-corrected chi connectivity index (χ1v) is 5.23. The van der Waals surface area contributed by atoms with E-state index in [1.165, 1.54) is 9.26 Å². The van der Waals surface area contributed by atoms with Gasteiger partial charge in [-0.1, -0.05) is 0 Å². The van der Waals surface area contributed by atoms with Crippen LogP contribution in [-0.4, -0.2) is 18.1 Å². The predicted molar refractivity (Wildman–Crippen MR) is 57.0 cm³/mol. The van der Waals surface area contributed by atoms with Gasteiger partial charge >= 0.3 is 0 Å². The van der Waals surface area contributed by atoms with Crippen LogP contribution >= 0.6 is 22.6 Å². The highest BCUT2D eigenvalue weighted by atomic mass is 127. The van der Waals surface area contributed by atoms with E-state index >= 15 is 0 Å². The molecule has 3 heteroatoms. The van der Waals surface area contributed by atoms with Gasteiger partial charge in [-0.15, -0.1) is 0 Å². The molecular formula is C9H11IN2. The molecule has 0 aromatic carbocycles. The van der Waals surface area contributed by atoms with Crippen molar-refractivity contribution in [2.75, 3.05) is 13.1 Å². The number of nitrogens with zero attached hydrogens (tertiary/aromatic N) is 1. The van der Waals surface area contributed by atoms with E-state index in [0.29, 0.717) is 0 Å². The molecule has 2 heterocycles. The molecule has 2 nitrogen and oxygen atoms in total. The second kappa shape index (κ2) is 3.70. The van der Waals surface area contributed by atoms with Crippen molar-refractivity contribution >= 4 is 22.6 Å². The maximum absolute atomic E-state index is 4.36. The number of halogens is 1. The second-order valence-electron chi connectivity index (χ2n) is 3.20. The Kier molecular flexibility index (Phi) is 2.60. The standard InChI is InChI=1S/C9H11IN2/c10-8-1-2-9(12-6-8)3-7-4-11-5-7/h1-2,6-7,11H,3-5H2. The zero-order valence-electron chi connectivity index (χ0n) is 6.76. The van der Waals surface area contributed by atoms with Crippen molar-refractivity contribution < 1.29 is 0 Å². The van der Waals surface area contributed by atoms with Crippen molar-refractivity contribution in [1.82, 2.24) is 10.3 Å². The van der Waals surface area contributed by atoms with Crippen molar-refractivity contribution in [3.63, 3.8) is 0 Å². The molecule has 0 bridgehead atoms. The van der Waals surface area contributed by atoms with Gasteiger partial charge in [0.1, 0.15) is 0 Å². The number of nitrogens with one attached hydrogen (secondary N) is 1. The monoisotopic (exact) mass is 274 g/mol. The molecule has 0 radical (unpaired) electrons. The average molecular weight is 274 g/mol. The Labute approximate surface area is 85.9 Å². The van der Waals surface area contributed by atoms with E-state index in [1.54, 1.807) is 0 Å². The fourth-order valence-corrected chi connectivity index (χ4v) is 1.63. The van der Waals surface area contributed by atoms with Crippen molar-refractivity contribution in [2.45, 2.75) is 6.42 Å². The van der Waals surface area contributed by atoms with Gasteiger partial charge in [-0.05, 0) is 60.2 Å². The molecule has 0 spiro atoms. The first-order chi connectivity index (χ1) is 5.84. The summed E-state index contributed by atoms with van der Waals surface area (Å²) >= 11 is 2.28. The minimum atomic E-state index is 0.817. The topological polar surface area (TPSA) is 24.9 Å². The van der Waals surface area contributed by atoms with Crippen LogP contribution in [0.2, 0.25) is 0 Å². The molecule has 0 aliphatic carbocycles. The summed E-state index contributed by atoms with van der Waals surface area (Å²) in [5, 5.41) is 3.26. The molecule has 12 heavy (non-hydrogen) atoms. The third kappa shape index (κ3) is 1.95. The van der Waals surface area contributed by atoms with Crippen molar-refractivity contribution in [2.24, 2.45) is 5.92 Å². The summed E-state index contributed by atoms with van der Waals surface area (Å²) in [5.74, 6) is 0.817. The zero-order valence-corrected chi connectivity index (χ0v) is 8.91. The van der Waals surface area contributed by atoms with Gasteiger partial charge in [-0.25, -0.2) is 0 Å². The summed E-state index contributed by atoms with van der Waals surface area (Å²) in [4.78, 5) is 4.36. The molecule has 1 N–H and O–H groups in total. The molecule has 1 aromatic heterocycles. The van der Waals surface area contributed by atoms with Gasteiger partial charge < -0.3 is 5.32 Å². The summed E-state index contributed by atoms with van der Waals surface area (Å²) in [5.41, 5.74) is 1.22. The number of rotatable bonds is 2. The highest BCUT2D eigenvalue weighted by Crippen LogP contribution is 2.11. The zero-order chi connectivity index (χ0) is 8.39. The van der Waals surface area contributed by atoms with Crippen molar-refractivity contribution in [3.8, 4) is 0 Å². The lowest BCUT2D eigenvalue weighted by molar-refractivity contribution is 0.344. The van der Waals surface area contributed by atoms with Gasteiger partial charge in [-0.2, -0.15) is 0 Å². The molecule has 1 aliphatic rings. The quantitative estimate of drug-likeness (QED) is 0.826. The fourth-order valence-electron chi connectivity index (χ4n) is 1.32. The van der Waals surface area contributed by atoms with Crippen LogP contribution in [0.4, 0.5) is 0 Å². The van der Waals surface area contributed by atoms with Gasteiger partial charge in [0.15, 0.2) is 0 Å². The molecule has 0 amide bonds. The van der Waals surface area contributed by atoms with E-state index in [-0.39, 0.29) is 0 Å². The van der Waals surface area contributed by atoms with E-state index in [4.69, 9.17) is 0 Å². The molecule has 2 rings (SSSR count). The summed E-state index contributed by atoms with van der Waals surface area (Å²) in [6.45, 7) is 2.32. The first-order valence-electron chi connectivity index (χ1n) is 4.16. The molecule has 64 valence electrons. The maximum atomic E-state index is 4.36. The molecule has 1 aromatic rings. The van der Waals surface area contributed by atoms with Crippen molar-refractivity contribution in [3.05, 3.63) is 27.6 Å². The Morgan fingerprint density at radius 3 is 2.83 bits per heavy atom. The highest BCUT2D eigenvalue weighted by Gasteiger charge is 2.17. The van der Waals surface area contributed by atoms with Gasteiger partial charge in [0.25, 0.3) is 0 Å². The number of hydrogen-bond acceptors (Lipinski definition) is 2. The minimum absolute atomic E-state index is 0.817. The van der Waals surface area contributed by atoms with E-state index < -0.39 is 0 Å². The molecule has 0 unspecified atom stereocenters. The Hall–Kier alpha value is -0.160. The summed E-state index contributed by atoms with van der Waals surface area (Å²) < 4.78 is 1.21. The number of pyridine rings is 1. The van der Waals surface area contributed by atoms with Crippen molar-refractivity contribution in [1.29, 1.82) is 0 Å². The van der Waals surface area contributed by atoms with Crippen LogP contribution in [0.25, 0.3) is 0 Å². The van der Waals surface area contributed by atoms with Gasteiger partial charge in [0.2, 0.25) is 0 Å². The summed E-state index contributed by atoms with van der Waals surface area (Å²) in [6, 6.07) is 4.25. The summed E-state index contributed by atoms with van der Waals surface area (Å²) in [7, 11) is 0. The smallest absolute Gasteiger partial charge is 0.0408 e. The Morgan fingerprint density at radius 2 is 2.33 bits per heavy atom. The van der Waals surface area contributed by atoms with Gasteiger partial charge in [0.05, 0.1) is 0 Å². The number of aromatic nitrogens is 1. The Balaban J connectivity index is 1.98. The van der Waals surface area contributed by atoms with Crippen LogP contribution in [0.3, 0.4) is 0 Å². The molecule has 1 saturated heterocycles. The molecule has 0 atom stereocenters. The molecular weight excluding hydrogens is 263 g/mol. The lowest BCUT2D eigenvalue weighted by Gasteiger charge is -2.26. The lowest BCUT2D eigenvalue weighted by Crippen LogP contribution is -2.43. The molecule has 0 saturated carbocycles. The van der Waals surface area contributed by atoms with Crippen LogP contribution in [0.15, 0.2) is 18.3 Å². The maximum Gasteiger partial charge on any atom is 0.0408 e. The minimum Gasteiger partial charge on any atom is -0.316 e. The molecule has 1 fully saturated rings. The highest BCUT2D eigenvalue weighted by molar-refractivity contribution is 14.1. The Morgan fingerprint density at radius 1 is 1.50 bits per heavy atom. The van der Waals surface area contributed by atoms with Crippen LogP contribution < -0.4 is 5.32 Å². The third-order valence-corrected chi connectivity index (χ3v) is 2.79. The predicted octanol–water partition coefficient (Wildman–Crippen LogP) is 1.45. The van der Waals surface area contributed by atoms with Gasteiger partial charge in [-0.3, -0.25) is 4.98 Å². The Bertz CT molecular complexity index is 254. The SMILES string of the molecule is Ic1ccc(CC2CNC2)nc1. The molecule has 1 aliphatic heterocycles. The normalized spacial score (nSPS) is 17.4.